The van der Waals surface area contributed by atoms with Crippen LogP contribution in [0.25, 0.3) is 33.2 Å². The number of hydrogen-bond donors (Lipinski definition) is 0. The second-order valence-electron chi connectivity index (χ2n) is 8.87. The zero-order valence-corrected chi connectivity index (χ0v) is 19.6. The van der Waals surface area contributed by atoms with Crippen molar-refractivity contribution in [1.29, 1.82) is 0 Å². The predicted octanol–water partition coefficient (Wildman–Crippen LogP) is 3.81. The van der Waals surface area contributed by atoms with Crippen molar-refractivity contribution >= 4 is 16.7 Å². The minimum Gasteiger partial charge on any atom is -0.354 e. The molecule has 1 aliphatic rings. The van der Waals surface area contributed by atoms with Crippen molar-refractivity contribution < 1.29 is 0 Å². The number of piperazine rings is 1. The van der Waals surface area contributed by atoms with Crippen LogP contribution in [-0.2, 0) is 13.6 Å². The van der Waals surface area contributed by atoms with Gasteiger partial charge in [-0.1, -0.05) is 6.07 Å². The van der Waals surface area contributed by atoms with Gasteiger partial charge >= 0.3 is 0 Å². The summed E-state index contributed by atoms with van der Waals surface area (Å²) in [5.41, 5.74) is 6.28. The first kappa shape index (κ1) is 21.4. The number of anilines is 1. The van der Waals surface area contributed by atoms with Gasteiger partial charge < -0.3 is 4.90 Å². The Morgan fingerprint density at radius 3 is 2.49 bits per heavy atom. The number of fused-ring (bicyclic) bond motifs is 1. The SMILES string of the molecule is Cn1cc(-c2cc(-c3ccc(N4CCN(Cc5ccccn5)CC4)nc3)c3cncnc3c2)cn1. The molecule has 0 spiro atoms. The smallest absolute Gasteiger partial charge is 0.128 e. The van der Waals surface area contributed by atoms with Gasteiger partial charge in [-0.05, 0) is 47.5 Å². The lowest BCUT2D eigenvalue weighted by Crippen LogP contribution is -2.46. The van der Waals surface area contributed by atoms with Crippen LogP contribution in [0.3, 0.4) is 0 Å². The van der Waals surface area contributed by atoms with Gasteiger partial charge in [0.1, 0.15) is 12.1 Å². The molecule has 4 aromatic heterocycles. The molecule has 0 atom stereocenters. The maximum absolute atomic E-state index is 4.84. The first-order valence-electron chi connectivity index (χ1n) is 11.8. The van der Waals surface area contributed by atoms with Gasteiger partial charge in [-0.15, -0.1) is 0 Å². The highest BCUT2D eigenvalue weighted by molar-refractivity contribution is 5.97. The molecule has 0 radical (unpaired) electrons. The second-order valence-corrected chi connectivity index (χ2v) is 8.87. The molecule has 35 heavy (non-hydrogen) atoms. The van der Waals surface area contributed by atoms with Crippen LogP contribution < -0.4 is 4.90 Å². The van der Waals surface area contributed by atoms with Gasteiger partial charge in [0.25, 0.3) is 0 Å². The number of benzene rings is 1. The summed E-state index contributed by atoms with van der Waals surface area (Å²) in [7, 11) is 1.93. The lowest BCUT2D eigenvalue weighted by Gasteiger charge is -2.35. The number of pyridine rings is 2. The van der Waals surface area contributed by atoms with E-state index in [2.05, 4.69) is 60.2 Å². The number of hydrogen-bond acceptors (Lipinski definition) is 7. The topological polar surface area (TPSA) is 75.9 Å². The van der Waals surface area contributed by atoms with E-state index in [9.17, 15) is 0 Å². The van der Waals surface area contributed by atoms with E-state index in [-0.39, 0.29) is 0 Å². The molecule has 1 fully saturated rings. The first-order valence-corrected chi connectivity index (χ1v) is 11.8. The van der Waals surface area contributed by atoms with Crippen molar-refractivity contribution in [3.63, 3.8) is 0 Å². The number of nitrogens with zero attached hydrogens (tertiary/aromatic N) is 8. The van der Waals surface area contributed by atoms with Crippen LogP contribution in [-0.4, -0.2) is 60.8 Å². The fourth-order valence-electron chi connectivity index (χ4n) is 4.65. The predicted molar refractivity (Wildman–Crippen MR) is 137 cm³/mol. The van der Waals surface area contributed by atoms with Crippen LogP contribution in [0.4, 0.5) is 5.82 Å². The first-order chi connectivity index (χ1) is 17.2. The molecule has 174 valence electrons. The lowest BCUT2D eigenvalue weighted by atomic mass is 9.97. The van der Waals surface area contributed by atoms with E-state index in [0.29, 0.717) is 0 Å². The van der Waals surface area contributed by atoms with Crippen LogP contribution in [0.15, 0.2) is 79.8 Å². The Balaban J connectivity index is 1.22. The van der Waals surface area contributed by atoms with E-state index in [1.165, 1.54) is 0 Å². The van der Waals surface area contributed by atoms with Crippen molar-refractivity contribution in [3.8, 4) is 22.3 Å². The Labute approximate surface area is 203 Å². The molecule has 0 amide bonds. The van der Waals surface area contributed by atoms with Gasteiger partial charge in [0.15, 0.2) is 0 Å². The van der Waals surface area contributed by atoms with Crippen LogP contribution >= 0.6 is 0 Å². The Kier molecular flexibility index (Phi) is 5.64. The fourth-order valence-corrected chi connectivity index (χ4v) is 4.65. The third-order valence-corrected chi connectivity index (χ3v) is 6.53. The number of rotatable bonds is 5. The summed E-state index contributed by atoms with van der Waals surface area (Å²) in [5.74, 6) is 1.01. The molecule has 8 heteroatoms. The van der Waals surface area contributed by atoms with Crippen molar-refractivity contribution in [1.82, 2.24) is 34.6 Å². The summed E-state index contributed by atoms with van der Waals surface area (Å²) in [5, 5.41) is 5.34. The van der Waals surface area contributed by atoms with Crippen LogP contribution in [0, 0.1) is 0 Å². The largest absolute Gasteiger partial charge is 0.354 e. The molecule has 8 nitrogen and oxygen atoms in total. The van der Waals surface area contributed by atoms with E-state index < -0.39 is 0 Å². The molecule has 1 saturated heterocycles. The molecule has 6 rings (SSSR count). The molecular weight excluding hydrogens is 436 g/mol. The Hall–Kier alpha value is -4.17. The van der Waals surface area contributed by atoms with E-state index in [1.807, 2.05) is 54.8 Å². The lowest BCUT2D eigenvalue weighted by molar-refractivity contribution is 0.246. The summed E-state index contributed by atoms with van der Waals surface area (Å²) in [6, 6.07) is 14.6. The van der Waals surface area contributed by atoms with Gasteiger partial charge in [-0.3, -0.25) is 14.6 Å². The molecule has 5 aromatic rings. The van der Waals surface area contributed by atoms with Gasteiger partial charge in [-0.25, -0.2) is 15.0 Å². The highest BCUT2D eigenvalue weighted by atomic mass is 15.3. The molecule has 0 saturated carbocycles. The normalized spacial score (nSPS) is 14.5. The van der Waals surface area contributed by atoms with Gasteiger partial charge in [0.05, 0.1) is 17.4 Å². The zero-order valence-electron chi connectivity index (χ0n) is 19.6. The van der Waals surface area contributed by atoms with Gasteiger partial charge in [0.2, 0.25) is 0 Å². The quantitative estimate of drug-likeness (QED) is 0.393. The second kappa shape index (κ2) is 9.23. The Bertz CT molecular complexity index is 1440. The Morgan fingerprint density at radius 2 is 1.74 bits per heavy atom. The fraction of sp³-hybridized carbons (Fsp3) is 0.222. The molecule has 1 aromatic carbocycles. The van der Waals surface area contributed by atoms with Crippen LogP contribution in [0.1, 0.15) is 5.69 Å². The monoisotopic (exact) mass is 462 g/mol. The molecule has 0 bridgehead atoms. The molecule has 0 N–H and O–H groups in total. The summed E-state index contributed by atoms with van der Waals surface area (Å²) in [6.45, 7) is 4.78. The van der Waals surface area contributed by atoms with Gasteiger partial charge in [0, 0.05) is 81.1 Å². The third kappa shape index (κ3) is 4.48. The average molecular weight is 463 g/mol. The van der Waals surface area contributed by atoms with Crippen molar-refractivity contribution in [3.05, 3.63) is 85.5 Å². The Morgan fingerprint density at radius 1 is 0.829 bits per heavy atom. The summed E-state index contributed by atoms with van der Waals surface area (Å²) < 4.78 is 1.81. The zero-order chi connectivity index (χ0) is 23.6. The van der Waals surface area contributed by atoms with Crippen LogP contribution in [0.5, 0.6) is 0 Å². The third-order valence-electron chi connectivity index (χ3n) is 6.53. The van der Waals surface area contributed by atoms with Gasteiger partial charge in [-0.2, -0.15) is 5.10 Å². The average Bonchev–Trinajstić information content (AvgIpc) is 3.35. The maximum Gasteiger partial charge on any atom is 0.128 e. The number of aryl methyl sites for hydroxylation is 1. The molecule has 0 aliphatic carbocycles. The molecular formula is C27H26N8. The van der Waals surface area contributed by atoms with E-state index in [4.69, 9.17) is 4.98 Å². The molecule has 1 aliphatic heterocycles. The van der Waals surface area contributed by atoms with E-state index in [0.717, 1.165) is 77.4 Å². The van der Waals surface area contributed by atoms with E-state index in [1.54, 1.807) is 6.33 Å². The van der Waals surface area contributed by atoms with Crippen molar-refractivity contribution in [2.24, 2.45) is 7.05 Å². The molecule has 5 heterocycles. The summed E-state index contributed by atoms with van der Waals surface area (Å²) in [4.78, 5) is 22.9. The maximum atomic E-state index is 4.84. The molecule has 0 unspecified atom stereocenters. The summed E-state index contributed by atoms with van der Waals surface area (Å²) >= 11 is 0. The minimum atomic E-state index is 0.892. The van der Waals surface area contributed by atoms with Crippen molar-refractivity contribution in [2.45, 2.75) is 6.54 Å². The highest BCUT2D eigenvalue weighted by Crippen LogP contribution is 2.33. The minimum absolute atomic E-state index is 0.892. The van der Waals surface area contributed by atoms with Crippen LogP contribution in [0.2, 0.25) is 0 Å². The van der Waals surface area contributed by atoms with E-state index >= 15 is 0 Å². The van der Waals surface area contributed by atoms with Crippen molar-refractivity contribution in [2.75, 3.05) is 31.1 Å². The standard InChI is InChI=1S/C27H26N8/c1-33-17-22(15-32-33)21-12-24(25-16-28-19-31-26(25)13-21)20-5-6-27(30-14-20)35-10-8-34(9-11-35)18-23-4-2-3-7-29-23/h2-7,12-17,19H,8-11,18H2,1H3. The number of aromatic nitrogens is 6. The summed E-state index contributed by atoms with van der Waals surface area (Å²) in [6.07, 6.45) is 11.2. The highest BCUT2D eigenvalue weighted by Gasteiger charge is 2.19.